The maximum atomic E-state index is 12.5. The lowest BCUT2D eigenvalue weighted by Crippen LogP contribution is -2.32. The zero-order valence-electron chi connectivity index (χ0n) is 13.3. The van der Waals surface area contributed by atoms with Crippen LogP contribution in [0, 0.1) is 0 Å². The summed E-state index contributed by atoms with van der Waals surface area (Å²) in [5.74, 6) is -0.000717. The molecule has 24 heavy (non-hydrogen) atoms. The number of aromatic nitrogens is 1. The van der Waals surface area contributed by atoms with Gasteiger partial charge in [-0.15, -0.1) is 0 Å². The number of hydrogen-bond donors (Lipinski definition) is 1. The van der Waals surface area contributed by atoms with Crippen LogP contribution in [0.4, 0.5) is 11.4 Å². The third-order valence-corrected chi connectivity index (χ3v) is 4.74. The molecule has 2 heterocycles. The number of likely N-dealkylation sites (tertiary alicyclic amines) is 1. The summed E-state index contributed by atoms with van der Waals surface area (Å²) in [4.78, 5) is 18.7. The van der Waals surface area contributed by atoms with Crippen LogP contribution in [0.1, 0.15) is 36.2 Å². The van der Waals surface area contributed by atoms with Crippen LogP contribution in [-0.2, 0) is 0 Å². The average Bonchev–Trinajstić information content (AvgIpc) is 2.88. The third-order valence-electron chi connectivity index (χ3n) is 4.11. The van der Waals surface area contributed by atoms with Crippen LogP contribution < -0.4 is 5.32 Å². The quantitative estimate of drug-likeness (QED) is 0.819. The number of nitrogens with one attached hydrogen (secondary N) is 1. The zero-order valence-corrected chi connectivity index (χ0v) is 14.8. The molecule has 1 aromatic carbocycles. The van der Waals surface area contributed by atoms with Crippen LogP contribution >= 0.6 is 23.2 Å². The van der Waals surface area contributed by atoms with Crippen molar-refractivity contribution in [3.8, 4) is 0 Å². The SMILES string of the molecule is O=C(c1ccc(Nc2c(Cl)cccc2Cl)cn1)N1CCCCCC1. The summed E-state index contributed by atoms with van der Waals surface area (Å²) in [5.41, 5.74) is 1.83. The van der Waals surface area contributed by atoms with E-state index in [1.165, 1.54) is 12.8 Å². The van der Waals surface area contributed by atoms with E-state index >= 15 is 0 Å². The van der Waals surface area contributed by atoms with Crippen molar-refractivity contribution >= 4 is 40.5 Å². The number of halogens is 2. The van der Waals surface area contributed by atoms with Crippen molar-refractivity contribution in [1.82, 2.24) is 9.88 Å². The number of nitrogens with zero attached hydrogens (tertiary/aromatic N) is 2. The Bertz CT molecular complexity index is 690. The van der Waals surface area contributed by atoms with Gasteiger partial charge in [-0.1, -0.05) is 42.1 Å². The normalized spacial score (nSPS) is 15.0. The Morgan fingerprint density at radius 3 is 2.25 bits per heavy atom. The monoisotopic (exact) mass is 363 g/mol. The fraction of sp³-hybridized carbons (Fsp3) is 0.333. The molecule has 0 atom stereocenters. The summed E-state index contributed by atoms with van der Waals surface area (Å²) in [6.07, 6.45) is 6.15. The van der Waals surface area contributed by atoms with E-state index in [0.29, 0.717) is 21.4 Å². The van der Waals surface area contributed by atoms with Crippen molar-refractivity contribution in [3.05, 3.63) is 52.3 Å². The van der Waals surface area contributed by atoms with Crippen LogP contribution in [0.3, 0.4) is 0 Å². The first kappa shape index (κ1) is 17.1. The highest BCUT2D eigenvalue weighted by atomic mass is 35.5. The fourth-order valence-corrected chi connectivity index (χ4v) is 3.28. The number of rotatable bonds is 3. The number of anilines is 2. The molecular formula is C18H19Cl2N3O. The third kappa shape index (κ3) is 4.00. The lowest BCUT2D eigenvalue weighted by Gasteiger charge is -2.19. The van der Waals surface area contributed by atoms with E-state index in [-0.39, 0.29) is 5.91 Å². The first-order chi connectivity index (χ1) is 11.6. The highest BCUT2D eigenvalue weighted by molar-refractivity contribution is 6.39. The van der Waals surface area contributed by atoms with E-state index in [0.717, 1.165) is 31.6 Å². The number of hydrogen-bond acceptors (Lipinski definition) is 3. The Morgan fingerprint density at radius 2 is 1.67 bits per heavy atom. The van der Waals surface area contributed by atoms with E-state index in [1.807, 2.05) is 11.0 Å². The van der Waals surface area contributed by atoms with Gasteiger partial charge < -0.3 is 10.2 Å². The minimum absolute atomic E-state index is 0.000717. The molecule has 0 saturated carbocycles. The van der Waals surface area contributed by atoms with E-state index in [2.05, 4.69) is 10.3 Å². The standard InChI is InChI=1S/C18H19Cl2N3O/c19-14-6-5-7-15(20)17(14)22-13-8-9-16(21-12-13)18(24)23-10-3-1-2-4-11-23/h5-9,12,22H,1-4,10-11H2. The second-order valence-corrected chi connectivity index (χ2v) is 6.67. The molecule has 1 aromatic heterocycles. The second-order valence-electron chi connectivity index (χ2n) is 5.86. The first-order valence-corrected chi connectivity index (χ1v) is 8.87. The Hall–Kier alpha value is -1.78. The van der Waals surface area contributed by atoms with Gasteiger partial charge in [-0.3, -0.25) is 4.79 Å². The summed E-state index contributed by atoms with van der Waals surface area (Å²) in [5, 5.41) is 4.21. The number of carbonyl (C=O) groups excluding carboxylic acids is 1. The molecule has 6 heteroatoms. The minimum Gasteiger partial charge on any atom is -0.352 e. The van der Waals surface area contributed by atoms with Gasteiger partial charge >= 0.3 is 0 Å². The molecule has 0 unspecified atom stereocenters. The number of para-hydroxylation sites is 1. The summed E-state index contributed by atoms with van der Waals surface area (Å²) in [7, 11) is 0. The van der Waals surface area contributed by atoms with Gasteiger partial charge in [0.15, 0.2) is 0 Å². The predicted molar refractivity (Wildman–Crippen MR) is 98.4 cm³/mol. The number of pyridine rings is 1. The summed E-state index contributed by atoms with van der Waals surface area (Å²) in [6, 6.07) is 8.87. The lowest BCUT2D eigenvalue weighted by atomic mass is 10.2. The molecule has 126 valence electrons. The lowest BCUT2D eigenvalue weighted by molar-refractivity contribution is 0.0756. The maximum absolute atomic E-state index is 12.5. The van der Waals surface area contributed by atoms with E-state index in [1.54, 1.807) is 30.5 Å². The van der Waals surface area contributed by atoms with Gasteiger partial charge in [-0.2, -0.15) is 0 Å². The molecule has 4 nitrogen and oxygen atoms in total. The summed E-state index contributed by atoms with van der Waals surface area (Å²) in [6.45, 7) is 1.63. The highest BCUT2D eigenvalue weighted by Crippen LogP contribution is 2.32. The van der Waals surface area contributed by atoms with Crippen molar-refractivity contribution in [3.63, 3.8) is 0 Å². The van der Waals surface area contributed by atoms with Gasteiger partial charge in [0.1, 0.15) is 5.69 Å². The van der Waals surface area contributed by atoms with Crippen LogP contribution in [-0.4, -0.2) is 28.9 Å². The molecule has 1 aliphatic heterocycles. The molecule has 0 aliphatic carbocycles. The molecule has 0 bridgehead atoms. The van der Waals surface area contributed by atoms with E-state index in [9.17, 15) is 4.79 Å². The molecular weight excluding hydrogens is 345 g/mol. The molecule has 3 rings (SSSR count). The van der Waals surface area contributed by atoms with Crippen LogP contribution in [0.2, 0.25) is 10.0 Å². The van der Waals surface area contributed by atoms with Gasteiger partial charge in [0.25, 0.3) is 5.91 Å². The Kier molecular flexibility index (Phi) is 5.59. The molecule has 1 amide bonds. The second kappa shape index (κ2) is 7.86. The number of benzene rings is 1. The van der Waals surface area contributed by atoms with Crippen LogP contribution in [0.15, 0.2) is 36.5 Å². The Morgan fingerprint density at radius 1 is 1.00 bits per heavy atom. The van der Waals surface area contributed by atoms with Crippen molar-refractivity contribution < 1.29 is 4.79 Å². The minimum atomic E-state index is -0.000717. The van der Waals surface area contributed by atoms with Gasteiger partial charge in [-0.05, 0) is 37.1 Å². The van der Waals surface area contributed by atoms with E-state index < -0.39 is 0 Å². The highest BCUT2D eigenvalue weighted by Gasteiger charge is 2.18. The first-order valence-electron chi connectivity index (χ1n) is 8.11. The molecule has 1 N–H and O–H groups in total. The molecule has 1 saturated heterocycles. The predicted octanol–water partition coefficient (Wildman–Crippen LogP) is 5.15. The van der Waals surface area contributed by atoms with Crippen LogP contribution in [0.5, 0.6) is 0 Å². The number of carbonyl (C=O) groups is 1. The topological polar surface area (TPSA) is 45.2 Å². The smallest absolute Gasteiger partial charge is 0.272 e. The summed E-state index contributed by atoms with van der Waals surface area (Å²) < 4.78 is 0. The Labute approximate surface area is 151 Å². The molecule has 1 aliphatic rings. The maximum Gasteiger partial charge on any atom is 0.272 e. The molecule has 2 aromatic rings. The van der Waals surface area contributed by atoms with Crippen molar-refractivity contribution in [2.24, 2.45) is 0 Å². The average molecular weight is 364 g/mol. The van der Waals surface area contributed by atoms with Crippen molar-refractivity contribution in [1.29, 1.82) is 0 Å². The van der Waals surface area contributed by atoms with Crippen molar-refractivity contribution in [2.75, 3.05) is 18.4 Å². The largest absolute Gasteiger partial charge is 0.352 e. The molecule has 0 radical (unpaired) electrons. The summed E-state index contributed by atoms with van der Waals surface area (Å²) >= 11 is 12.3. The van der Waals surface area contributed by atoms with Gasteiger partial charge in [-0.25, -0.2) is 4.98 Å². The van der Waals surface area contributed by atoms with Crippen LogP contribution in [0.25, 0.3) is 0 Å². The van der Waals surface area contributed by atoms with Crippen molar-refractivity contribution in [2.45, 2.75) is 25.7 Å². The van der Waals surface area contributed by atoms with Gasteiger partial charge in [0, 0.05) is 13.1 Å². The Balaban J connectivity index is 1.72. The van der Waals surface area contributed by atoms with Gasteiger partial charge in [0.05, 0.1) is 27.6 Å². The number of amides is 1. The molecule has 0 spiro atoms. The zero-order chi connectivity index (χ0) is 16.9. The fourth-order valence-electron chi connectivity index (χ4n) is 2.79. The van der Waals surface area contributed by atoms with Gasteiger partial charge in [0.2, 0.25) is 0 Å². The van der Waals surface area contributed by atoms with E-state index in [4.69, 9.17) is 23.2 Å². The molecule has 1 fully saturated rings.